The highest BCUT2D eigenvalue weighted by Crippen LogP contribution is 2.44. The van der Waals surface area contributed by atoms with E-state index in [-0.39, 0.29) is 0 Å². The summed E-state index contributed by atoms with van der Waals surface area (Å²) in [4.78, 5) is 15.3. The molecule has 3 rings (SSSR count). The molecule has 0 aliphatic heterocycles. The Hall–Kier alpha value is -1.58. The summed E-state index contributed by atoms with van der Waals surface area (Å²) in [5, 5.41) is 0. The van der Waals surface area contributed by atoms with Crippen LogP contribution in [0.3, 0.4) is 0 Å². The normalized spacial score (nSPS) is 19.1. The molecule has 0 bridgehead atoms. The summed E-state index contributed by atoms with van der Waals surface area (Å²) in [6.07, 6.45) is 4.87. The summed E-state index contributed by atoms with van der Waals surface area (Å²) < 4.78 is 5.73. The van der Waals surface area contributed by atoms with Crippen LogP contribution in [0.1, 0.15) is 47.7 Å². The minimum absolute atomic E-state index is 0.292. The van der Waals surface area contributed by atoms with Crippen molar-refractivity contribution < 1.29 is 9.53 Å². The van der Waals surface area contributed by atoms with Crippen LogP contribution in [-0.4, -0.2) is 17.5 Å². The van der Waals surface area contributed by atoms with E-state index >= 15 is 0 Å². The zero-order valence-corrected chi connectivity index (χ0v) is 9.69. The molecule has 1 amide bonds. The van der Waals surface area contributed by atoms with E-state index in [4.69, 9.17) is 10.5 Å². The number of pyridine rings is 1. The predicted molar refractivity (Wildman–Crippen MR) is 62.9 cm³/mol. The third-order valence-electron chi connectivity index (χ3n) is 3.31. The van der Waals surface area contributed by atoms with E-state index in [1.165, 1.54) is 25.7 Å². The van der Waals surface area contributed by atoms with Crippen molar-refractivity contribution in [1.29, 1.82) is 0 Å². The number of nitrogens with two attached hydrogens (primary N) is 1. The zero-order chi connectivity index (χ0) is 11.8. The summed E-state index contributed by atoms with van der Waals surface area (Å²) in [6.45, 7) is 0.717. The van der Waals surface area contributed by atoms with Crippen molar-refractivity contribution in [3.05, 3.63) is 23.4 Å². The van der Waals surface area contributed by atoms with E-state index in [2.05, 4.69) is 4.98 Å². The van der Waals surface area contributed by atoms with Gasteiger partial charge in [0.1, 0.15) is 5.69 Å². The average molecular weight is 232 g/mol. The van der Waals surface area contributed by atoms with E-state index < -0.39 is 5.91 Å². The maximum Gasteiger partial charge on any atom is 0.267 e. The third kappa shape index (κ3) is 2.40. The van der Waals surface area contributed by atoms with E-state index in [1.54, 1.807) is 6.07 Å². The topological polar surface area (TPSA) is 65.2 Å². The summed E-state index contributed by atoms with van der Waals surface area (Å²) in [5.41, 5.74) is 6.66. The molecule has 2 aliphatic carbocycles. The van der Waals surface area contributed by atoms with Gasteiger partial charge in [-0.05, 0) is 43.6 Å². The number of ether oxygens (including phenoxy) is 1. The van der Waals surface area contributed by atoms with Gasteiger partial charge in [-0.1, -0.05) is 6.07 Å². The van der Waals surface area contributed by atoms with Crippen LogP contribution in [0.2, 0.25) is 0 Å². The van der Waals surface area contributed by atoms with Crippen LogP contribution < -0.4 is 10.5 Å². The first-order valence-corrected chi connectivity index (χ1v) is 6.17. The minimum atomic E-state index is -0.497. The molecule has 17 heavy (non-hydrogen) atoms. The monoisotopic (exact) mass is 232 g/mol. The summed E-state index contributed by atoms with van der Waals surface area (Å²) in [6, 6.07) is 3.63. The summed E-state index contributed by atoms with van der Waals surface area (Å²) in [5.74, 6) is 1.37. The maximum atomic E-state index is 11.1. The van der Waals surface area contributed by atoms with Gasteiger partial charge in [0.15, 0.2) is 0 Å². The molecule has 4 heteroatoms. The van der Waals surface area contributed by atoms with Crippen LogP contribution in [0.25, 0.3) is 0 Å². The van der Waals surface area contributed by atoms with Crippen molar-refractivity contribution >= 4 is 5.91 Å². The molecule has 0 saturated heterocycles. The molecule has 2 N–H and O–H groups in total. The molecule has 0 spiro atoms. The van der Waals surface area contributed by atoms with Crippen LogP contribution in [0.15, 0.2) is 12.1 Å². The Bertz CT molecular complexity index is 451. The van der Waals surface area contributed by atoms with E-state index in [0.29, 0.717) is 23.4 Å². The van der Waals surface area contributed by atoms with Crippen molar-refractivity contribution in [2.24, 2.45) is 11.7 Å². The van der Waals surface area contributed by atoms with Crippen molar-refractivity contribution in [3.63, 3.8) is 0 Å². The maximum absolute atomic E-state index is 11.1. The van der Waals surface area contributed by atoms with Gasteiger partial charge in [-0.15, -0.1) is 0 Å². The molecule has 1 heterocycles. The number of rotatable bonds is 5. The van der Waals surface area contributed by atoms with Crippen LogP contribution in [-0.2, 0) is 0 Å². The molecular formula is C13H16N2O2. The second-order valence-corrected chi connectivity index (χ2v) is 4.98. The molecule has 90 valence electrons. The van der Waals surface area contributed by atoms with Gasteiger partial charge >= 0.3 is 0 Å². The molecule has 1 aromatic rings. The van der Waals surface area contributed by atoms with E-state index in [0.717, 1.165) is 12.2 Å². The van der Waals surface area contributed by atoms with Gasteiger partial charge < -0.3 is 10.5 Å². The first-order chi connectivity index (χ1) is 8.24. The van der Waals surface area contributed by atoms with Crippen LogP contribution in [0.4, 0.5) is 0 Å². The Balaban J connectivity index is 1.83. The fourth-order valence-electron chi connectivity index (χ4n) is 1.89. The fourth-order valence-corrected chi connectivity index (χ4v) is 1.89. The molecular weight excluding hydrogens is 216 g/mol. The third-order valence-corrected chi connectivity index (χ3v) is 3.31. The number of amides is 1. The number of aromatic nitrogens is 1. The molecule has 2 aliphatic rings. The van der Waals surface area contributed by atoms with Gasteiger partial charge in [0.05, 0.1) is 6.61 Å². The standard InChI is InChI=1S/C13H16N2O2/c14-12(16)11-6-5-10(9-3-4-9)13(15-11)17-7-8-1-2-8/h5-6,8-9H,1-4,7H2,(H2,14,16). The molecule has 0 radical (unpaired) electrons. The Kier molecular flexibility index (Phi) is 2.50. The van der Waals surface area contributed by atoms with Crippen LogP contribution >= 0.6 is 0 Å². The largest absolute Gasteiger partial charge is 0.477 e. The molecule has 0 aromatic carbocycles. The predicted octanol–water partition coefficient (Wildman–Crippen LogP) is 1.85. The van der Waals surface area contributed by atoms with Gasteiger partial charge in [-0.3, -0.25) is 4.79 Å². The number of hydrogen-bond acceptors (Lipinski definition) is 3. The van der Waals surface area contributed by atoms with Gasteiger partial charge in [-0.2, -0.15) is 0 Å². The first-order valence-electron chi connectivity index (χ1n) is 6.17. The number of carbonyl (C=O) groups is 1. The van der Waals surface area contributed by atoms with Crippen molar-refractivity contribution in [1.82, 2.24) is 4.98 Å². The van der Waals surface area contributed by atoms with E-state index in [9.17, 15) is 4.79 Å². The van der Waals surface area contributed by atoms with Crippen molar-refractivity contribution in [2.45, 2.75) is 31.6 Å². The molecule has 2 saturated carbocycles. The number of nitrogens with zero attached hydrogens (tertiary/aromatic N) is 1. The number of primary amides is 1. The highest BCUT2D eigenvalue weighted by Gasteiger charge is 2.29. The van der Waals surface area contributed by atoms with Crippen LogP contribution in [0, 0.1) is 5.92 Å². The molecule has 1 aromatic heterocycles. The van der Waals surface area contributed by atoms with Gasteiger partial charge in [0.2, 0.25) is 5.88 Å². The van der Waals surface area contributed by atoms with Gasteiger partial charge in [0.25, 0.3) is 5.91 Å². The number of hydrogen-bond donors (Lipinski definition) is 1. The summed E-state index contributed by atoms with van der Waals surface area (Å²) >= 11 is 0. The average Bonchev–Trinajstić information content (AvgIpc) is 3.16. The fraction of sp³-hybridized carbons (Fsp3) is 0.538. The molecule has 0 unspecified atom stereocenters. The van der Waals surface area contributed by atoms with Gasteiger partial charge in [-0.25, -0.2) is 4.98 Å². The SMILES string of the molecule is NC(=O)c1ccc(C2CC2)c(OCC2CC2)n1. The zero-order valence-electron chi connectivity index (χ0n) is 9.69. The lowest BCUT2D eigenvalue weighted by Gasteiger charge is -2.10. The van der Waals surface area contributed by atoms with Crippen molar-refractivity contribution in [2.75, 3.05) is 6.61 Å². The van der Waals surface area contributed by atoms with Crippen molar-refractivity contribution in [3.8, 4) is 5.88 Å². The van der Waals surface area contributed by atoms with Gasteiger partial charge in [0, 0.05) is 5.56 Å². The smallest absolute Gasteiger partial charge is 0.267 e. The van der Waals surface area contributed by atoms with E-state index in [1.807, 2.05) is 6.07 Å². The highest BCUT2D eigenvalue weighted by atomic mass is 16.5. The summed E-state index contributed by atoms with van der Waals surface area (Å²) in [7, 11) is 0. The second-order valence-electron chi connectivity index (χ2n) is 4.98. The highest BCUT2D eigenvalue weighted by molar-refractivity contribution is 5.90. The Labute approximate surface area is 100 Å². The lowest BCUT2D eigenvalue weighted by atomic mass is 10.1. The Morgan fingerprint density at radius 2 is 2.12 bits per heavy atom. The Morgan fingerprint density at radius 3 is 2.71 bits per heavy atom. The first kappa shape index (κ1) is 10.6. The lowest BCUT2D eigenvalue weighted by Crippen LogP contribution is -2.14. The molecule has 2 fully saturated rings. The minimum Gasteiger partial charge on any atom is -0.477 e. The number of carbonyl (C=O) groups excluding carboxylic acids is 1. The molecule has 4 nitrogen and oxygen atoms in total. The lowest BCUT2D eigenvalue weighted by molar-refractivity contribution is 0.0994. The molecule has 0 atom stereocenters. The quantitative estimate of drug-likeness (QED) is 0.842. The second kappa shape index (κ2) is 4.02. The van der Waals surface area contributed by atoms with Crippen LogP contribution in [0.5, 0.6) is 5.88 Å². The Morgan fingerprint density at radius 1 is 1.35 bits per heavy atom.